The summed E-state index contributed by atoms with van der Waals surface area (Å²) in [7, 11) is -0.666. The summed E-state index contributed by atoms with van der Waals surface area (Å²) in [5, 5.41) is 2.86. The molecular formula is C24H29N3O5S. The maximum atomic E-state index is 13.5. The minimum absolute atomic E-state index is 0.0817. The highest BCUT2D eigenvalue weighted by Gasteiger charge is 2.44. The standard InChI is InChI=1S/C24H29N3O5S/c1-24(2)18-14-17(11-12-19(18)26(3)23(24)29)33(30,31)27-13-7-9-20(27)22(28)25-15-16-8-5-6-10-21(16)32-4/h5-6,8,10-12,14,20H,7,9,13,15H2,1-4H3,(H,25,28)/t20-/m1/s1. The third-order valence-corrected chi connectivity index (χ3v) is 8.50. The van der Waals surface area contributed by atoms with Crippen LogP contribution in [0.3, 0.4) is 0 Å². The average Bonchev–Trinajstić information content (AvgIpc) is 3.37. The van der Waals surface area contributed by atoms with E-state index in [9.17, 15) is 18.0 Å². The highest BCUT2D eigenvalue weighted by molar-refractivity contribution is 7.89. The summed E-state index contributed by atoms with van der Waals surface area (Å²) in [6.07, 6.45) is 1.05. The first kappa shape index (κ1) is 23.3. The lowest BCUT2D eigenvalue weighted by molar-refractivity contribution is -0.124. The number of carbonyl (C=O) groups excluding carboxylic acids is 2. The Morgan fingerprint density at radius 3 is 2.67 bits per heavy atom. The smallest absolute Gasteiger partial charge is 0.243 e. The second kappa shape index (κ2) is 8.46. The van der Waals surface area contributed by atoms with Gasteiger partial charge in [0.05, 0.1) is 17.4 Å². The topological polar surface area (TPSA) is 96.0 Å². The molecule has 0 unspecified atom stereocenters. The summed E-state index contributed by atoms with van der Waals surface area (Å²) >= 11 is 0. The molecule has 4 rings (SSSR count). The fourth-order valence-corrected chi connectivity index (χ4v) is 6.37. The molecular weight excluding hydrogens is 442 g/mol. The number of ether oxygens (including phenoxy) is 1. The number of sulfonamides is 1. The number of fused-ring (bicyclic) bond motifs is 1. The number of carbonyl (C=O) groups is 2. The summed E-state index contributed by atoms with van der Waals surface area (Å²) in [6.45, 7) is 4.10. The van der Waals surface area contributed by atoms with E-state index >= 15 is 0 Å². The van der Waals surface area contributed by atoms with Crippen molar-refractivity contribution in [3.05, 3.63) is 53.6 Å². The van der Waals surface area contributed by atoms with E-state index < -0.39 is 21.5 Å². The molecule has 2 aromatic rings. The van der Waals surface area contributed by atoms with Gasteiger partial charge in [0.2, 0.25) is 21.8 Å². The summed E-state index contributed by atoms with van der Waals surface area (Å²) in [4.78, 5) is 27.2. The van der Waals surface area contributed by atoms with Crippen molar-refractivity contribution in [1.29, 1.82) is 0 Å². The van der Waals surface area contributed by atoms with Gasteiger partial charge in [-0.2, -0.15) is 4.31 Å². The number of methoxy groups -OCH3 is 1. The van der Waals surface area contributed by atoms with E-state index in [1.54, 1.807) is 45.0 Å². The molecule has 2 aliphatic rings. The first-order valence-electron chi connectivity index (χ1n) is 10.9. The fraction of sp³-hybridized carbons (Fsp3) is 0.417. The van der Waals surface area contributed by atoms with Gasteiger partial charge in [-0.15, -0.1) is 0 Å². The molecule has 9 heteroatoms. The van der Waals surface area contributed by atoms with E-state index in [-0.39, 0.29) is 29.8 Å². The zero-order chi connectivity index (χ0) is 24.0. The highest BCUT2D eigenvalue weighted by Crippen LogP contribution is 2.42. The van der Waals surface area contributed by atoms with Crippen LogP contribution in [0.4, 0.5) is 5.69 Å². The van der Waals surface area contributed by atoms with Crippen molar-refractivity contribution < 1.29 is 22.7 Å². The molecule has 1 atom stereocenters. The molecule has 0 aliphatic carbocycles. The molecule has 0 aromatic heterocycles. The first-order chi connectivity index (χ1) is 15.6. The molecule has 8 nitrogen and oxygen atoms in total. The van der Waals surface area contributed by atoms with Gasteiger partial charge in [0.15, 0.2) is 0 Å². The van der Waals surface area contributed by atoms with Crippen LogP contribution in [-0.2, 0) is 31.6 Å². The van der Waals surface area contributed by atoms with Crippen molar-refractivity contribution in [1.82, 2.24) is 9.62 Å². The highest BCUT2D eigenvalue weighted by atomic mass is 32.2. The lowest BCUT2D eigenvalue weighted by atomic mass is 9.86. The zero-order valence-electron chi connectivity index (χ0n) is 19.3. The molecule has 33 heavy (non-hydrogen) atoms. The van der Waals surface area contributed by atoms with E-state index in [4.69, 9.17) is 4.74 Å². The van der Waals surface area contributed by atoms with Crippen molar-refractivity contribution in [3.63, 3.8) is 0 Å². The second-order valence-corrected chi connectivity index (χ2v) is 10.9. The predicted molar refractivity (Wildman–Crippen MR) is 125 cm³/mol. The molecule has 1 fully saturated rings. The molecule has 0 bridgehead atoms. The fourth-order valence-electron chi connectivity index (χ4n) is 4.69. The van der Waals surface area contributed by atoms with Crippen molar-refractivity contribution in [2.75, 3.05) is 25.6 Å². The van der Waals surface area contributed by atoms with Gasteiger partial charge in [-0.05, 0) is 56.5 Å². The van der Waals surface area contributed by atoms with E-state index in [1.165, 1.54) is 10.4 Å². The van der Waals surface area contributed by atoms with Crippen LogP contribution in [0.25, 0.3) is 0 Å². The quantitative estimate of drug-likeness (QED) is 0.698. The monoisotopic (exact) mass is 471 g/mol. The summed E-state index contributed by atoms with van der Waals surface area (Å²) in [5.41, 5.74) is 1.38. The molecule has 0 saturated carbocycles. The summed E-state index contributed by atoms with van der Waals surface area (Å²) < 4.78 is 33.6. The van der Waals surface area contributed by atoms with Gasteiger partial charge in [0.1, 0.15) is 11.8 Å². The van der Waals surface area contributed by atoms with Gasteiger partial charge in [-0.3, -0.25) is 9.59 Å². The van der Waals surface area contributed by atoms with Gasteiger partial charge >= 0.3 is 0 Å². The van der Waals surface area contributed by atoms with Gasteiger partial charge < -0.3 is 15.0 Å². The minimum atomic E-state index is -3.92. The number of anilines is 1. The lowest BCUT2D eigenvalue weighted by Gasteiger charge is -2.24. The maximum Gasteiger partial charge on any atom is 0.243 e. The number of benzene rings is 2. The average molecular weight is 472 g/mol. The van der Waals surface area contributed by atoms with Crippen LogP contribution in [0.2, 0.25) is 0 Å². The molecule has 0 spiro atoms. The van der Waals surface area contributed by atoms with Crippen LogP contribution in [0.15, 0.2) is 47.4 Å². The Balaban J connectivity index is 1.56. The number of hydrogen-bond acceptors (Lipinski definition) is 5. The van der Waals surface area contributed by atoms with Crippen molar-refractivity contribution >= 4 is 27.5 Å². The normalized spacial score (nSPS) is 20.1. The van der Waals surface area contributed by atoms with Crippen LogP contribution in [0.1, 0.15) is 37.8 Å². The Morgan fingerprint density at radius 1 is 1.21 bits per heavy atom. The Kier molecular flexibility index (Phi) is 5.96. The van der Waals surface area contributed by atoms with Gasteiger partial charge in [0.25, 0.3) is 0 Å². The van der Waals surface area contributed by atoms with Crippen LogP contribution < -0.4 is 15.0 Å². The molecule has 176 valence electrons. The number of nitrogens with zero attached hydrogens (tertiary/aromatic N) is 2. The van der Waals surface area contributed by atoms with Crippen molar-refractivity contribution in [2.24, 2.45) is 0 Å². The van der Waals surface area contributed by atoms with Crippen LogP contribution in [0.5, 0.6) is 5.75 Å². The lowest BCUT2D eigenvalue weighted by Crippen LogP contribution is -2.45. The van der Waals surface area contributed by atoms with Crippen molar-refractivity contribution in [2.45, 2.75) is 49.6 Å². The van der Waals surface area contributed by atoms with Crippen LogP contribution >= 0.6 is 0 Å². The molecule has 0 radical (unpaired) electrons. The predicted octanol–water partition coefficient (Wildman–Crippen LogP) is 2.42. The Bertz CT molecular complexity index is 1210. The van der Waals surface area contributed by atoms with Crippen LogP contribution in [0, 0.1) is 0 Å². The number of rotatable bonds is 6. The van der Waals surface area contributed by atoms with E-state index in [0.717, 1.165) is 5.56 Å². The number of amides is 2. The molecule has 2 amide bonds. The van der Waals surface area contributed by atoms with E-state index in [0.29, 0.717) is 29.8 Å². The van der Waals surface area contributed by atoms with Gasteiger partial charge in [-0.25, -0.2) is 8.42 Å². The zero-order valence-corrected chi connectivity index (χ0v) is 20.1. The SMILES string of the molecule is COc1ccccc1CNC(=O)[C@H]1CCCN1S(=O)(=O)c1ccc2c(c1)C(C)(C)C(=O)N2C. The minimum Gasteiger partial charge on any atom is -0.496 e. The number of hydrogen-bond donors (Lipinski definition) is 1. The third-order valence-electron chi connectivity index (χ3n) is 6.60. The molecule has 1 saturated heterocycles. The van der Waals surface area contributed by atoms with E-state index in [2.05, 4.69) is 5.32 Å². The van der Waals surface area contributed by atoms with E-state index in [1.807, 2.05) is 24.3 Å². The number of likely N-dealkylation sites (N-methyl/N-ethyl adjacent to an activating group) is 1. The molecule has 1 N–H and O–H groups in total. The third kappa shape index (κ3) is 3.89. The Morgan fingerprint density at radius 2 is 1.94 bits per heavy atom. The molecule has 2 heterocycles. The summed E-state index contributed by atoms with van der Waals surface area (Å²) in [5.74, 6) is 0.245. The Labute approximate surface area is 194 Å². The van der Waals surface area contributed by atoms with Crippen molar-refractivity contribution in [3.8, 4) is 5.75 Å². The number of para-hydroxylation sites is 1. The second-order valence-electron chi connectivity index (χ2n) is 8.97. The van der Waals surface area contributed by atoms with Gasteiger partial charge in [-0.1, -0.05) is 18.2 Å². The molecule has 2 aromatic carbocycles. The van der Waals surface area contributed by atoms with Crippen LogP contribution in [-0.4, -0.2) is 51.3 Å². The Hall–Kier alpha value is -2.91. The molecule has 2 aliphatic heterocycles. The number of nitrogens with one attached hydrogen (secondary N) is 1. The summed E-state index contributed by atoms with van der Waals surface area (Å²) in [6, 6.07) is 11.3. The maximum absolute atomic E-state index is 13.5. The van der Waals surface area contributed by atoms with Gasteiger partial charge in [0, 0.05) is 31.4 Å². The largest absolute Gasteiger partial charge is 0.496 e. The first-order valence-corrected chi connectivity index (χ1v) is 12.4.